The van der Waals surface area contributed by atoms with E-state index in [1.165, 1.54) is 18.2 Å². The molecule has 0 saturated heterocycles. The highest BCUT2D eigenvalue weighted by Crippen LogP contribution is 2.31. The molecule has 0 unspecified atom stereocenters. The van der Waals surface area contributed by atoms with E-state index in [1.54, 1.807) is 24.5 Å². The summed E-state index contributed by atoms with van der Waals surface area (Å²) in [6, 6.07) is 7.96. The van der Waals surface area contributed by atoms with E-state index in [2.05, 4.69) is 4.98 Å². The van der Waals surface area contributed by atoms with Crippen LogP contribution in [0.4, 0.5) is 0 Å². The molecular weight excluding hydrogens is 342 g/mol. The summed E-state index contributed by atoms with van der Waals surface area (Å²) in [6.45, 7) is 1.95. The largest absolute Gasteiger partial charge is 0.455 e. The van der Waals surface area contributed by atoms with Crippen LogP contribution >= 0.6 is 0 Å². The van der Waals surface area contributed by atoms with Crippen molar-refractivity contribution in [2.75, 3.05) is 6.26 Å². The Bertz CT molecular complexity index is 1070. The summed E-state index contributed by atoms with van der Waals surface area (Å²) >= 11 is 0. The third-order valence-electron chi connectivity index (χ3n) is 3.64. The maximum absolute atomic E-state index is 12.5. The van der Waals surface area contributed by atoms with Gasteiger partial charge in [0, 0.05) is 29.6 Å². The third kappa shape index (κ3) is 3.71. The summed E-state index contributed by atoms with van der Waals surface area (Å²) < 4.78 is 34.1. The molecule has 3 rings (SSSR count). The molecule has 1 aromatic carbocycles. The van der Waals surface area contributed by atoms with E-state index in [1.807, 2.05) is 6.92 Å². The van der Waals surface area contributed by atoms with Crippen LogP contribution < -0.4 is 9.61 Å². The van der Waals surface area contributed by atoms with Crippen LogP contribution in [-0.4, -0.2) is 19.7 Å². The van der Waals surface area contributed by atoms with Gasteiger partial charge >= 0.3 is 10.1 Å². The first kappa shape index (κ1) is 17.2. The first-order valence-corrected chi connectivity index (χ1v) is 9.60. The first-order chi connectivity index (χ1) is 11.9. The van der Waals surface area contributed by atoms with Crippen LogP contribution in [-0.2, 0) is 16.5 Å². The van der Waals surface area contributed by atoms with Crippen molar-refractivity contribution in [1.82, 2.24) is 4.98 Å². The van der Waals surface area contributed by atoms with Gasteiger partial charge in [0.15, 0.2) is 5.43 Å². The molecular formula is C18H17NO5S. The number of hydrogen-bond donors (Lipinski definition) is 0. The topological polar surface area (TPSA) is 86.5 Å². The molecule has 3 aromatic rings. The monoisotopic (exact) mass is 359 g/mol. The SMILES string of the molecule is CCCc1c(OS(C)(=O)=O)ccc2c(=O)cc(-c3cccnc3)oc12. The molecule has 6 nitrogen and oxygen atoms in total. The van der Waals surface area contributed by atoms with Gasteiger partial charge in [-0.05, 0) is 30.7 Å². The Balaban J connectivity index is 2.29. The summed E-state index contributed by atoms with van der Waals surface area (Å²) in [6.07, 6.45) is 5.46. The lowest BCUT2D eigenvalue weighted by Crippen LogP contribution is -2.09. The van der Waals surface area contributed by atoms with Gasteiger partial charge in [-0.2, -0.15) is 8.42 Å². The van der Waals surface area contributed by atoms with Crippen molar-refractivity contribution in [1.29, 1.82) is 0 Å². The minimum atomic E-state index is -3.69. The Morgan fingerprint density at radius 1 is 1.24 bits per heavy atom. The maximum Gasteiger partial charge on any atom is 0.306 e. The standard InChI is InChI=1S/C18H17NO5S/c1-3-5-14-16(24-25(2,21)22)8-7-13-15(20)10-17(23-18(13)14)12-6-4-9-19-11-12/h4,6-11H,3,5H2,1-2H3. The van der Waals surface area contributed by atoms with Gasteiger partial charge in [-0.3, -0.25) is 9.78 Å². The fraction of sp³-hybridized carbons (Fsp3) is 0.222. The van der Waals surface area contributed by atoms with Gasteiger partial charge in [-0.25, -0.2) is 0 Å². The van der Waals surface area contributed by atoms with Gasteiger partial charge < -0.3 is 8.60 Å². The van der Waals surface area contributed by atoms with Crippen LogP contribution in [0.2, 0.25) is 0 Å². The number of rotatable bonds is 5. The van der Waals surface area contributed by atoms with Crippen LogP contribution in [0.3, 0.4) is 0 Å². The second-order valence-electron chi connectivity index (χ2n) is 5.67. The average molecular weight is 359 g/mol. The predicted octanol–water partition coefficient (Wildman–Crippen LogP) is 3.15. The van der Waals surface area contributed by atoms with Crippen molar-refractivity contribution >= 4 is 21.1 Å². The number of nitrogens with zero attached hydrogens (tertiary/aromatic N) is 1. The number of pyridine rings is 1. The Hall–Kier alpha value is -2.67. The lowest BCUT2D eigenvalue weighted by Gasteiger charge is -2.12. The van der Waals surface area contributed by atoms with Crippen LogP contribution in [0.25, 0.3) is 22.3 Å². The van der Waals surface area contributed by atoms with Crippen molar-refractivity contribution in [3.63, 3.8) is 0 Å². The van der Waals surface area contributed by atoms with E-state index >= 15 is 0 Å². The molecule has 0 amide bonds. The smallest absolute Gasteiger partial charge is 0.306 e. The molecule has 0 aliphatic heterocycles. The number of aromatic nitrogens is 1. The van der Waals surface area contributed by atoms with E-state index < -0.39 is 10.1 Å². The molecule has 0 fully saturated rings. The normalized spacial score (nSPS) is 11.6. The summed E-state index contributed by atoms with van der Waals surface area (Å²) in [7, 11) is -3.69. The Morgan fingerprint density at radius 2 is 2.04 bits per heavy atom. The third-order valence-corrected chi connectivity index (χ3v) is 4.13. The van der Waals surface area contributed by atoms with Gasteiger partial charge in [0.05, 0.1) is 11.6 Å². The van der Waals surface area contributed by atoms with E-state index in [9.17, 15) is 13.2 Å². The molecule has 0 radical (unpaired) electrons. The molecule has 7 heteroatoms. The van der Waals surface area contributed by atoms with Crippen molar-refractivity contribution < 1.29 is 17.0 Å². The molecule has 25 heavy (non-hydrogen) atoms. The van der Waals surface area contributed by atoms with E-state index in [-0.39, 0.29) is 11.2 Å². The van der Waals surface area contributed by atoms with Gasteiger partial charge in [0.1, 0.15) is 17.1 Å². The summed E-state index contributed by atoms with van der Waals surface area (Å²) in [5.41, 5.74) is 1.37. The Morgan fingerprint density at radius 3 is 2.68 bits per heavy atom. The van der Waals surface area contributed by atoms with Crippen LogP contribution in [0.5, 0.6) is 5.75 Å². The highest BCUT2D eigenvalue weighted by atomic mass is 32.2. The maximum atomic E-state index is 12.5. The van der Waals surface area contributed by atoms with Gasteiger partial charge in [-0.1, -0.05) is 13.3 Å². The van der Waals surface area contributed by atoms with E-state index in [4.69, 9.17) is 8.60 Å². The van der Waals surface area contributed by atoms with Crippen molar-refractivity contribution in [3.05, 3.63) is 58.5 Å². The van der Waals surface area contributed by atoms with Gasteiger partial charge in [0.25, 0.3) is 0 Å². The number of fused-ring (bicyclic) bond motifs is 1. The number of hydrogen-bond acceptors (Lipinski definition) is 6. The average Bonchev–Trinajstić information content (AvgIpc) is 2.56. The highest BCUT2D eigenvalue weighted by Gasteiger charge is 2.17. The minimum absolute atomic E-state index is 0.184. The van der Waals surface area contributed by atoms with Crippen LogP contribution in [0.15, 0.2) is 51.9 Å². The quantitative estimate of drug-likeness (QED) is 0.651. The van der Waals surface area contributed by atoms with Crippen LogP contribution in [0.1, 0.15) is 18.9 Å². The second-order valence-corrected chi connectivity index (χ2v) is 7.25. The lowest BCUT2D eigenvalue weighted by atomic mass is 10.0. The molecule has 0 aliphatic rings. The van der Waals surface area contributed by atoms with Crippen molar-refractivity contribution in [2.45, 2.75) is 19.8 Å². The molecule has 2 aromatic heterocycles. The van der Waals surface area contributed by atoms with Crippen molar-refractivity contribution in [3.8, 4) is 17.1 Å². The summed E-state index contributed by atoms with van der Waals surface area (Å²) in [4.78, 5) is 16.5. The lowest BCUT2D eigenvalue weighted by molar-refractivity contribution is 0.488. The summed E-state index contributed by atoms with van der Waals surface area (Å²) in [5, 5.41) is 0.386. The van der Waals surface area contributed by atoms with Crippen molar-refractivity contribution in [2.24, 2.45) is 0 Å². The zero-order chi connectivity index (χ0) is 18.0. The number of benzene rings is 1. The molecule has 0 aliphatic carbocycles. The van der Waals surface area contributed by atoms with Gasteiger partial charge in [-0.15, -0.1) is 0 Å². The molecule has 0 saturated carbocycles. The minimum Gasteiger partial charge on any atom is -0.455 e. The second kappa shape index (κ2) is 6.68. The zero-order valence-corrected chi connectivity index (χ0v) is 14.7. The molecule has 0 spiro atoms. The fourth-order valence-electron chi connectivity index (χ4n) is 2.64. The number of aryl methyl sites for hydroxylation is 1. The van der Waals surface area contributed by atoms with E-state index in [0.29, 0.717) is 34.3 Å². The fourth-order valence-corrected chi connectivity index (χ4v) is 3.12. The van der Waals surface area contributed by atoms with Crippen LogP contribution in [0, 0.1) is 0 Å². The summed E-state index contributed by atoms with van der Waals surface area (Å²) in [5.74, 6) is 0.558. The zero-order valence-electron chi connectivity index (χ0n) is 13.9. The highest BCUT2D eigenvalue weighted by molar-refractivity contribution is 7.86. The first-order valence-electron chi connectivity index (χ1n) is 7.78. The molecule has 130 valence electrons. The van der Waals surface area contributed by atoms with Gasteiger partial charge in [0.2, 0.25) is 0 Å². The molecule has 0 atom stereocenters. The Kier molecular flexibility index (Phi) is 4.59. The predicted molar refractivity (Wildman–Crippen MR) is 95.2 cm³/mol. The van der Waals surface area contributed by atoms with E-state index in [0.717, 1.165) is 12.7 Å². The molecule has 0 bridgehead atoms. The Labute approximate surface area is 145 Å². The molecule has 2 heterocycles. The molecule has 0 N–H and O–H groups in total.